The molecule has 0 aliphatic rings. The molecule has 0 N–H and O–H groups in total. The first-order valence-corrected chi connectivity index (χ1v) is 4.80. The summed E-state index contributed by atoms with van der Waals surface area (Å²) >= 11 is 0. The molecule has 0 bridgehead atoms. The van der Waals surface area contributed by atoms with Gasteiger partial charge in [-0.25, -0.2) is 13.8 Å². The lowest BCUT2D eigenvalue weighted by Crippen LogP contribution is -1.96. The Morgan fingerprint density at radius 3 is 2.56 bits per heavy atom. The maximum absolute atomic E-state index is 13.3. The number of benzene rings is 1. The van der Waals surface area contributed by atoms with Crippen molar-refractivity contribution in [2.24, 2.45) is 0 Å². The molecule has 0 spiro atoms. The fraction of sp³-hybridized carbons (Fsp3) is 0. The number of halogens is 3. The van der Waals surface area contributed by atoms with Gasteiger partial charge < -0.3 is 4.74 Å². The summed E-state index contributed by atoms with van der Waals surface area (Å²) in [7, 11) is 0. The van der Waals surface area contributed by atoms with Gasteiger partial charge in [0.25, 0.3) is 0 Å². The Labute approximate surface area is 100 Å². The SMILES string of the molecule is N#Cc1cccc(Oc2ccc(F)c(F)c2F)n1. The standard InChI is InChI=1S/C12H5F3N2O/c13-8-4-5-9(12(15)11(8)14)18-10-3-1-2-7(6-16)17-10/h1-5H. The van der Waals surface area contributed by atoms with Crippen LogP contribution in [0.3, 0.4) is 0 Å². The van der Waals surface area contributed by atoms with Crippen molar-refractivity contribution >= 4 is 0 Å². The zero-order chi connectivity index (χ0) is 13.1. The van der Waals surface area contributed by atoms with Crippen molar-refractivity contribution in [3.63, 3.8) is 0 Å². The van der Waals surface area contributed by atoms with Crippen molar-refractivity contribution < 1.29 is 17.9 Å². The number of aromatic nitrogens is 1. The first kappa shape index (κ1) is 11.9. The highest BCUT2D eigenvalue weighted by molar-refractivity contribution is 5.32. The van der Waals surface area contributed by atoms with Crippen molar-refractivity contribution in [3.8, 4) is 17.7 Å². The van der Waals surface area contributed by atoms with Crippen molar-refractivity contribution in [3.05, 3.63) is 53.5 Å². The molecule has 6 heteroatoms. The number of nitriles is 1. The Hall–Kier alpha value is -2.55. The fourth-order valence-corrected chi connectivity index (χ4v) is 1.23. The van der Waals surface area contributed by atoms with Crippen molar-refractivity contribution in [2.45, 2.75) is 0 Å². The Morgan fingerprint density at radius 1 is 1.06 bits per heavy atom. The molecule has 1 heterocycles. The van der Waals surface area contributed by atoms with Gasteiger partial charge in [0.15, 0.2) is 17.4 Å². The van der Waals surface area contributed by atoms with Crippen LogP contribution in [0.25, 0.3) is 0 Å². The molecule has 0 unspecified atom stereocenters. The van der Waals surface area contributed by atoms with Gasteiger partial charge in [-0.1, -0.05) is 6.07 Å². The second-order valence-corrected chi connectivity index (χ2v) is 3.25. The van der Waals surface area contributed by atoms with Crippen LogP contribution < -0.4 is 4.74 Å². The normalized spacial score (nSPS) is 9.89. The number of hydrogen-bond donors (Lipinski definition) is 0. The molecule has 0 radical (unpaired) electrons. The summed E-state index contributed by atoms with van der Waals surface area (Å²) in [4.78, 5) is 3.71. The predicted molar refractivity (Wildman–Crippen MR) is 55.3 cm³/mol. The van der Waals surface area contributed by atoms with E-state index >= 15 is 0 Å². The highest BCUT2D eigenvalue weighted by atomic mass is 19.2. The second-order valence-electron chi connectivity index (χ2n) is 3.25. The van der Waals surface area contributed by atoms with E-state index in [0.29, 0.717) is 0 Å². The molecule has 0 saturated carbocycles. The summed E-state index contributed by atoms with van der Waals surface area (Å²) in [6, 6.07) is 7.70. The molecule has 1 aromatic carbocycles. The lowest BCUT2D eigenvalue weighted by molar-refractivity contribution is 0.387. The van der Waals surface area contributed by atoms with E-state index in [1.165, 1.54) is 18.2 Å². The van der Waals surface area contributed by atoms with E-state index in [1.807, 2.05) is 0 Å². The van der Waals surface area contributed by atoms with Crippen LogP contribution in [-0.4, -0.2) is 4.98 Å². The van der Waals surface area contributed by atoms with E-state index in [9.17, 15) is 13.2 Å². The maximum atomic E-state index is 13.3. The molecule has 18 heavy (non-hydrogen) atoms. The molecule has 0 aliphatic carbocycles. The van der Waals surface area contributed by atoms with Gasteiger partial charge in [0.2, 0.25) is 11.7 Å². The summed E-state index contributed by atoms with van der Waals surface area (Å²) in [5.74, 6) is -4.96. The van der Waals surface area contributed by atoms with Crippen LogP contribution in [0.2, 0.25) is 0 Å². The minimum atomic E-state index is -1.62. The average Bonchev–Trinajstić information content (AvgIpc) is 2.40. The molecular formula is C12H5F3N2O. The van der Waals surface area contributed by atoms with Crippen molar-refractivity contribution in [1.82, 2.24) is 4.98 Å². The Balaban J connectivity index is 2.35. The van der Waals surface area contributed by atoms with Gasteiger partial charge in [-0.3, -0.25) is 0 Å². The van der Waals surface area contributed by atoms with E-state index in [2.05, 4.69) is 4.98 Å². The summed E-state index contributed by atoms with van der Waals surface area (Å²) in [6.45, 7) is 0. The Kier molecular flexibility index (Phi) is 3.15. The van der Waals surface area contributed by atoms with Gasteiger partial charge >= 0.3 is 0 Å². The lowest BCUT2D eigenvalue weighted by atomic mass is 10.3. The van der Waals surface area contributed by atoms with Gasteiger partial charge in [0, 0.05) is 6.07 Å². The van der Waals surface area contributed by atoms with E-state index in [4.69, 9.17) is 10.00 Å². The third kappa shape index (κ3) is 2.25. The van der Waals surface area contributed by atoms with E-state index in [0.717, 1.165) is 12.1 Å². The first-order valence-electron chi connectivity index (χ1n) is 4.80. The molecule has 0 saturated heterocycles. The molecule has 0 amide bonds. The minimum absolute atomic E-state index is 0.0653. The number of pyridine rings is 1. The lowest BCUT2D eigenvalue weighted by Gasteiger charge is -2.06. The van der Waals surface area contributed by atoms with Crippen LogP contribution >= 0.6 is 0 Å². The van der Waals surface area contributed by atoms with Gasteiger partial charge in [0.05, 0.1) is 0 Å². The van der Waals surface area contributed by atoms with Crippen LogP contribution in [0.15, 0.2) is 30.3 Å². The summed E-state index contributed by atoms with van der Waals surface area (Å²) in [5, 5.41) is 8.61. The molecule has 0 fully saturated rings. The van der Waals surface area contributed by atoms with Gasteiger partial charge in [-0.05, 0) is 18.2 Å². The second kappa shape index (κ2) is 4.75. The largest absolute Gasteiger partial charge is 0.436 e. The molecule has 90 valence electrons. The summed E-state index contributed by atoms with van der Waals surface area (Å²) in [6.07, 6.45) is 0. The van der Waals surface area contributed by atoms with Crippen LogP contribution in [-0.2, 0) is 0 Å². The third-order valence-electron chi connectivity index (χ3n) is 2.05. The number of hydrogen-bond acceptors (Lipinski definition) is 3. The molecule has 1 aromatic heterocycles. The number of ether oxygens (including phenoxy) is 1. The van der Waals surface area contributed by atoms with Gasteiger partial charge in [-0.2, -0.15) is 9.65 Å². The quantitative estimate of drug-likeness (QED) is 0.769. The van der Waals surface area contributed by atoms with Crippen LogP contribution in [0.4, 0.5) is 13.2 Å². The zero-order valence-electron chi connectivity index (χ0n) is 8.82. The van der Waals surface area contributed by atoms with E-state index in [-0.39, 0.29) is 11.6 Å². The predicted octanol–water partition coefficient (Wildman–Crippen LogP) is 3.16. The number of nitrogens with zero attached hydrogens (tertiary/aromatic N) is 2. The van der Waals surface area contributed by atoms with Gasteiger partial charge in [0.1, 0.15) is 11.8 Å². The van der Waals surface area contributed by atoms with Crippen LogP contribution in [0.5, 0.6) is 11.6 Å². The summed E-state index contributed by atoms with van der Waals surface area (Å²) < 4.78 is 43.9. The summed E-state index contributed by atoms with van der Waals surface area (Å²) in [5.41, 5.74) is 0.0653. The molecule has 0 aliphatic heterocycles. The Morgan fingerprint density at radius 2 is 1.83 bits per heavy atom. The van der Waals surface area contributed by atoms with E-state index in [1.54, 1.807) is 6.07 Å². The van der Waals surface area contributed by atoms with E-state index < -0.39 is 23.2 Å². The Bertz CT molecular complexity index is 638. The maximum Gasteiger partial charge on any atom is 0.220 e. The molecule has 0 atom stereocenters. The monoisotopic (exact) mass is 250 g/mol. The highest BCUT2D eigenvalue weighted by Crippen LogP contribution is 2.26. The topological polar surface area (TPSA) is 45.9 Å². The zero-order valence-corrected chi connectivity index (χ0v) is 8.82. The smallest absolute Gasteiger partial charge is 0.220 e. The average molecular weight is 250 g/mol. The van der Waals surface area contributed by atoms with Crippen LogP contribution in [0, 0.1) is 28.8 Å². The molecule has 2 aromatic rings. The third-order valence-corrected chi connectivity index (χ3v) is 2.05. The number of rotatable bonds is 2. The van der Waals surface area contributed by atoms with Gasteiger partial charge in [-0.15, -0.1) is 0 Å². The molecule has 3 nitrogen and oxygen atoms in total. The molecular weight excluding hydrogens is 245 g/mol. The fourth-order valence-electron chi connectivity index (χ4n) is 1.23. The first-order chi connectivity index (χ1) is 8.61. The minimum Gasteiger partial charge on any atom is -0.436 e. The van der Waals surface area contributed by atoms with Crippen molar-refractivity contribution in [2.75, 3.05) is 0 Å². The highest BCUT2D eigenvalue weighted by Gasteiger charge is 2.15. The van der Waals surface area contributed by atoms with Crippen LogP contribution in [0.1, 0.15) is 5.69 Å². The molecule has 2 rings (SSSR count). The van der Waals surface area contributed by atoms with Crippen molar-refractivity contribution in [1.29, 1.82) is 5.26 Å².